The highest BCUT2D eigenvalue weighted by atomic mass is 19.4. The zero-order valence-electron chi connectivity index (χ0n) is 16.4. The number of carboxylic acids is 1. The summed E-state index contributed by atoms with van der Waals surface area (Å²) in [6, 6.07) is 11.6. The maximum atomic E-state index is 12.5. The van der Waals surface area contributed by atoms with Gasteiger partial charge in [-0.2, -0.15) is 0 Å². The van der Waals surface area contributed by atoms with E-state index in [-0.39, 0.29) is 17.9 Å². The second-order valence-corrected chi connectivity index (χ2v) is 6.54. The van der Waals surface area contributed by atoms with Crippen LogP contribution >= 0.6 is 0 Å². The molecular weight excluding hydrogens is 458 g/mol. The van der Waals surface area contributed by atoms with Crippen molar-refractivity contribution in [1.29, 1.82) is 0 Å². The van der Waals surface area contributed by atoms with E-state index in [1.165, 1.54) is 36.5 Å². The van der Waals surface area contributed by atoms with Crippen LogP contribution in [0.25, 0.3) is 11.1 Å². The summed E-state index contributed by atoms with van der Waals surface area (Å²) in [4.78, 5) is 15.4. The average molecular weight is 472 g/mol. The molecule has 3 rings (SSSR count). The molecule has 0 aliphatic heterocycles. The molecule has 0 bridgehead atoms. The Morgan fingerprint density at radius 2 is 1.61 bits per heavy atom. The number of aromatic carboxylic acids is 1. The highest BCUT2D eigenvalue weighted by Gasteiger charge is 2.33. The molecule has 33 heavy (non-hydrogen) atoms. The number of hydrogen-bond donors (Lipinski definition) is 2. The Hall–Kier alpha value is -3.96. The minimum Gasteiger partial charge on any atom is -0.478 e. The van der Waals surface area contributed by atoms with Gasteiger partial charge < -0.3 is 19.9 Å². The normalized spacial score (nSPS) is 11.7. The first-order valence-electron chi connectivity index (χ1n) is 9.08. The lowest BCUT2D eigenvalue weighted by Crippen LogP contribution is -2.19. The molecule has 0 amide bonds. The molecule has 2 N–H and O–H groups in total. The quantitative estimate of drug-likeness (QED) is 0.420. The summed E-state index contributed by atoms with van der Waals surface area (Å²) in [5.74, 6) is -2.45. The summed E-state index contributed by atoms with van der Waals surface area (Å²) in [5.41, 5.74) is 0.530. The van der Waals surface area contributed by atoms with Crippen LogP contribution in [-0.4, -0.2) is 28.8 Å². The zero-order chi connectivity index (χ0) is 24.2. The van der Waals surface area contributed by atoms with Crippen LogP contribution in [0.4, 0.5) is 32.2 Å². The van der Waals surface area contributed by atoms with Crippen LogP contribution in [0.3, 0.4) is 0 Å². The summed E-state index contributed by atoms with van der Waals surface area (Å²) in [7, 11) is 0. The topological polar surface area (TPSA) is 80.7 Å². The minimum atomic E-state index is -5.04. The number of carbonyl (C=O) groups is 1. The highest BCUT2D eigenvalue weighted by Crippen LogP contribution is 2.31. The molecule has 3 aromatic rings. The van der Waals surface area contributed by atoms with Crippen molar-refractivity contribution >= 4 is 11.8 Å². The van der Waals surface area contributed by atoms with Gasteiger partial charge in [-0.3, -0.25) is 0 Å². The molecule has 1 aromatic heterocycles. The number of nitrogens with zero attached hydrogens (tertiary/aromatic N) is 1. The Kier molecular flexibility index (Phi) is 6.65. The SMILES string of the molecule is O=C(O)c1cc(-c2ccc(NCc3cccc(OC(F)(F)F)c3)nc2)ccc1OC(F)(F)F. The number of halogens is 6. The Morgan fingerprint density at radius 1 is 0.909 bits per heavy atom. The van der Waals surface area contributed by atoms with Gasteiger partial charge in [0.1, 0.15) is 22.9 Å². The van der Waals surface area contributed by atoms with E-state index in [1.807, 2.05) is 0 Å². The Morgan fingerprint density at radius 3 is 2.21 bits per heavy atom. The number of ether oxygens (including phenoxy) is 2. The van der Waals surface area contributed by atoms with Gasteiger partial charge in [0, 0.05) is 18.3 Å². The number of hydrogen-bond acceptors (Lipinski definition) is 5. The number of carboxylic acid groups (broad SMARTS) is 1. The standard InChI is InChI=1S/C21H14F6N2O4/c22-20(23,24)32-15-3-1-2-12(8-15)10-28-18-7-5-14(11-29-18)13-4-6-17(33-21(25,26)27)16(9-13)19(30)31/h1-9,11H,10H2,(H,28,29)(H,30,31). The van der Waals surface area contributed by atoms with Crippen molar-refractivity contribution in [3.05, 3.63) is 71.9 Å². The van der Waals surface area contributed by atoms with E-state index in [0.29, 0.717) is 16.9 Å². The van der Waals surface area contributed by atoms with Crippen LogP contribution in [-0.2, 0) is 6.54 Å². The van der Waals surface area contributed by atoms with Gasteiger partial charge in [-0.05, 0) is 47.5 Å². The molecule has 1 heterocycles. The van der Waals surface area contributed by atoms with E-state index in [0.717, 1.165) is 12.1 Å². The monoisotopic (exact) mass is 472 g/mol. The molecular formula is C21H14F6N2O4. The lowest BCUT2D eigenvalue weighted by molar-refractivity contribution is -0.275. The summed E-state index contributed by atoms with van der Waals surface area (Å²) in [6.07, 6.45) is -8.49. The first-order chi connectivity index (χ1) is 15.4. The smallest absolute Gasteiger partial charge is 0.478 e. The summed E-state index contributed by atoms with van der Waals surface area (Å²) in [5, 5.41) is 12.1. The van der Waals surface area contributed by atoms with Crippen LogP contribution in [0.15, 0.2) is 60.8 Å². The van der Waals surface area contributed by atoms with Crippen molar-refractivity contribution in [3.63, 3.8) is 0 Å². The second-order valence-electron chi connectivity index (χ2n) is 6.54. The highest BCUT2D eigenvalue weighted by molar-refractivity contribution is 5.92. The lowest BCUT2D eigenvalue weighted by Gasteiger charge is -2.13. The van der Waals surface area contributed by atoms with E-state index in [4.69, 9.17) is 0 Å². The van der Waals surface area contributed by atoms with Crippen molar-refractivity contribution < 1.29 is 45.7 Å². The maximum absolute atomic E-state index is 12.5. The number of nitrogens with one attached hydrogen (secondary N) is 1. The molecule has 0 atom stereocenters. The molecule has 0 saturated carbocycles. The molecule has 12 heteroatoms. The largest absolute Gasteiger partial charge is 0.573 e. The van der Waals surface area contributed by atoms with Crippen molar-refractivity contribution in [3.8, 4) is 22.6 Å². The van der Waals surface area contributed by atoms with Crippen molar-refractivity contribution in [2.75, 3.05) is 5.32 Å². The maximum Gasteiger partial charge on any atom is 0.573 e. The summed E-state index contributed by atoms with van der Waals surface area (Å²) in [6.45, 7) is 0.133. The van der Waals surface area contributed by atoms with E-state index >= 15 is 0 Å². The zero-order valence-corrected chi connectivity index (χ0v) is 16.4. The van der Waals surface area contributed by atoms with Crippen molar-refractivity contribution in [2.24, 2.45) is 0 Å². The number of benzene rings is 2. The van der Waals surface area contributed by atoms with Crippen LogP contribution in [0.2, 0.25) is 0 Å². The van der Waals surface area contributed by atoms with Gasteiger partial charge in [-0.15, -0.1) is 26.3 Å². The molecule has 0 fully saturated rings. The van der Waals surface area contributed by atoms with E-state index in [1.54, 1.807) is 12.1 Å². The van der Waals surface area contributed by atoms with Gasteiger partial charge in [-0.25, -0.2) is 9.78 Å². The fraction of sp³-hybridized carbons (Fsp3) is 0.143. The number of aromatic nitrogens is 1. The van der Waals surface area contributed by atoms with Gasteiger partial charge >= 0.3 is 18.7 Å². The molecule has 0 aliphatic rings. The first kappa shape index (κ1) is 23.7. The lowest BCUT2D eigenvalue weighted by atomic mass is 10.0. The third-order valence-electron chi connectivity index (χ3n) is 4.14. The van der Waals surface area contributed by atoms with Crippen LogP contribution in [0.5, 0.6) is 11.5 Å². The predicted molar refractivity (Wildman–Crippen MR) is 104 cm³/mol. The number of rotatable bonds is 7. The van der Waals surface area contributed by atoms with Gasteiger partial charge in [0.15, 0.2) is 0 Å². The number of alkyl halides is 6. The van der Waals surface area contributed by atoms with Crippen LogP contribution in [0, 0.1) is 0 Å². The predicted octanol–water partition coefficient (Wildman–Crippen LogP) is 5.86. The summed E-state index contributed by atoms with van der Waals surface area (Å²) >= 11 is 0. The Balaban J connectivity index is 1.71. The molecule has 0 aliphatic carbocycles. The molecule has 2 aromatic carbocycles. The fourth-order valence-corrected chi connectivity index (χ4v) is 2.80. The average Bonchev–Trinajstić information content (AvgIpc) is 2.71. The van der Waals surface area contributed by atoms with Crippen molar-refractivity contribution in [1.82, 2.24) is 4.98 Å². The number of pyridine rings is 1. The molecule has 0 spiro atoms. The molecule has 0 saturated heterocycles. The second kappa shape index (κ2) is 9.27. The number of anilines is 1. The molecule has 0 radical (unpaired) electrons. The summed E-state index contributed by atoms with van der Waals surface area (Å²) < 4.78 is 81.9. The van der Waals surface area contributed by atoms with Gasteiger partial charge in [-0.1, -0.05) is 18.2 Å². The van der Waals surface area contributed by atoms with Gasteiger partial charge in [0.2, 0.25) is 0 Å². The molecule has 0 unspecified atom stereocenters. The van der Waals surface area contributed by atoms with Crippen molar-refractivity contribution in [2.45, 2.75) is 19.3 Å². The molecule has 6 nitrogen and oxygen atoms in total. The third kappa shape index (κ3) is 7.02. The Labute approximate surface area is 182 Å². The van der Waals surface area contributed by atoms with E-state index in [9.17, 15) is 36.2 Å². The van der Waals surface area contributed by atoms with E-state index in [2.05, 4.69) is 19.8 Å². The van der Waals surface area contributed by atoms with Crippen LogP contribution in [0.1, 0.15) is 15.9 Å². The Bertz CT molecular complexity index is 1130. The first-order valence-corrected chi connectivity index (χ1v) is 9.08. The molecule has 174 valence electrons. The third-order valence-corrected chi connectivity index (χ3v) is 4.14. The van der Waals surface area contributed by atoms with E-state index < -0.39 is 30.0 Å². The van der Waals surface area contributed by atoms with Gasteiger partial charge in [0.25, 0.3) is 0 Å². The minimum absolute atomic E-state index is 0.133. The van der Waals surface area contributed by atoms with Gasteiger partial charge in [0.05, 0.1) is 0 Å². The van der Waals surface area contributed by atoms with Crippen LogP contribution < -0.4 is 14.8 Å². The fourth-order valence-electron chi connectivity index (χ4n) is 2.80.